The Hall–Kier alpha value is -2.51. The van der Waals surface area contributed by atoms with Gasteiger partial charge in [0.2, 0.25) is 0 Å². The highest BCUT2D eigenvalue weighted by Gasteiger charge is 2.18. The molecule has 1 unspecified atom stereocenters. The lowest BCUT2D eigenvalue weighted by Crippen LogP contribution is -2.13. The summed E-state index contributed by atoms with van der Waals surface area (Å²) in [6.45, 7) is 3.48. The third-order valence-electron chi connectivity index (χ3n) is 3.61. The standard InChI is InChI=1S/C17H18N4O2S/c1-10-15(24-17(19-10)12-8-18-21(3)9-12)16(23)20-14-7-5-4-6-13(14)11(2)22/h4-9,11,22H,1-3H3,(H,20,23). The van der Waals surface area contributed by atoms with E-state index in [4.69, 9.17) is 0 Å². The van der Waals surface area contributed by atoms with Gasteiger partial charge in [0.1, 0.15) is 9.88 Å². The first-order valence-electron chi connectivity index (χ1n) is 7.50. The van der Waals surface area contributed by atoms with Gasteiger partial charge in [-0.3, -0.25) is 9.48 Å². The molecule has 3 aromatic rings. The Bertz CT molecular complexity index is 882. The van der Waals surface area contributed by atoms with Gasteiger partial charge in [0, 0.05) is 30.1 Å². The number of benzene rings is 1. The highest BCUT2D eigenvalue weighted by Crippen LogP contribution is 2.29. The summed E-state index contributed by atoms with van der Waals surface area (Å²) in [6.07, 6.45) is 2.93. The molecule has 2 aromatic heterocycles. The number of nitrogens with zero attached hydrogens (tertiary/aromatic N) is 3. The summed E-state index contributed by atoms with van der Waals surface area (Å²) in [5, 5.41) is 17.6. The largest absolute Gasteiger partial charge is 0.389 e. The summed E-state index contributed by atoms with van der Waals surface area (Å²) in [7, 11) is 1.84. The first-order chi connectivity index (χ1) is 11.5. The first kappa shape index (κ1) is 16.4. The molecule has 0 aliphatic rings. The van der Waals surface area contributed by atoms with Gasteiger partial charge in [-0.2, -0.15) is 5.10 Å². The van der Waals surface area contributed by atoms with Gasteiger partial charge in [-0.05, 0) is 19.9 Å². The minimum Gasteiger partial charge on any atom is -0.389 e. The van der Waals surface area contributed by atoms with Crippen molar-refractivity contribution in [2.45, 2.75) is 20.0 Å². The van der Waals surface area contributed by atoms with Gasteiger partial charge in [-0.15, -0.1) is 11.3 Å². The molecular formula is C17H18N4O2S. The number of para-hydroxylation sites is 1. The molecule has 124 valence electrons. The molecule has 24 heavy (non-hydrogen) atoms. The molecule has 6 nitrogen and oxygen atoms in total. The number of hydrogen-bond donors (Lipinski definition) is 2. The van der Waals surface area contributed by atoms with Gasteiger partial charge < -0.3 is 10.4 Å². The number of carbonyl (C=O) groups excluding carboxylic acids is 1. The fourth-order valence-electron chi connectivity index (χ4n) is 2.42. The minimum absolute atomic E-state index is 0.228. The van der Waals surface area contributed by atoms with Gasteiger partial charge in [0.15, 0.2) is 0 Å². The van der Waals surface area contributed by atoms with Gasteiger partial charge >= 0.3 is 0 Å². The zero-order valence-electron chi connectivity index (χ0n) is 13.6. The van der Waals surface area contributed by atoms with E-state index in [-0.39, 0.29) is 5.91 Å². The maximum atomic E-state index is 12.6. The van der Waals surface area contributed by atoms with Crippen molar-refractivity contribution < 1.29 is 9.90 Å². The van der Waals surface area contributed by atoms with E-state index in [1.54, 1.807) is 29.9 Å². The normalized spacial score (nSPS) is 12.2. The number of carbonyl (C=O) groups is 1. The summed E-state index contributed by atoms with van der Waals surface area (Å²) in [4.78, 5) is 17.6. The van der Waals surface area contributed by atoms with E-state index in [1.165, 1.54) is 11.3 Å². The molecule has 7 heteroatoms. The van der Waals surface area contributed by atoms with E-state index in [9.17, 15) is 9.90 Å². The molecule has 1 atom stereocenters. The third kappa shape index (κ3) is 3.22. The Labute approximate surface area is 143 Å². The molecular weight excluding hydrogens is 324 g/mol. The van der Waals surface area contributed by atoms with Crippen LogP contribution in [0.5, 0.6) is 0 Å². The van der Waals surface area contributed by atoms with Gasteiger partial charge in [-0.25, -0.2) is 4.98 Å². The molecule has 3 rings (SSSR count). The smallest absolute Gasteiger partial charge is 0.267 e. The molecule has 2 N–H and O–H groups in total. The average Bonchev–Trinajstić information content (AvgIpc) is 3.13. The highest BCUT2D eigenvalue weighted by molar-refractivity contribution is 7.17. The van der Waals surface area contributed by atoms with Crippen LogP contribution in [0, 0.1) is 6.92 Å². The second-order valence-corrected chi connectivity index (χ2v) is 6.55. The molecule has 0 aliphatic carbocycles. The predicted octanol–water partition coefficient (Wildman–Crippen LogP) is 3.16. The van der Waals surface area contributed by atoms with E-state index in [0.717, 1.165) is 10.6 Å². The van der Waals surface area contributed by atoms with Crippen molar-refractivity contribution in [2.24, 2.45) is 7.05 Å². The molecule has 0 bridgehead atoms. The number of hydrogen-bond acceptors (Lipinski definition) is 5. The van der Waals surface area contributed by atoms with Crippen molar-refractivity contribution in [1.82, 2.24) is 14.8 Å². The monoisotopic (exact) mass is 342 g/mol. The fourth-order valence-corrected chi connectivity index (χ4v) is 3.35. The topological polar surface area (TPSA) is 80.0 Å². The van der Waals surface area contributed by atoms with Crippen molar-refractivity contribution >= 4 is 22.9 Å². The molecule has 0 aliphatic heterocycles. The van der Waals surface area contributed by atoms with E-state index in [0.29, 0.717) is 21.8 Å². The maximum Gasteiger partial charge on any atom is 0.267 e. The Morgan fingerprint density at radius 2 is 2.12 bits per heavy atom. The molecule has 0 saturated heterocycles. The van der Waals surface area contributed by atoms with E-state index in [2.05, 4.69) is 15.4 Å². The lowest BCUT2D eigenvalue weighted by Gasteiger charge is -2.12. The lowest BCUT2D eigenvalue weighted by molar-refractivity contribution is 0.102. The van der Waals surface area contributed by atoms with Crippen LogP contribution in [0.1, 0.15) is 34.0 Å². The van der Waals surface area contributed by atoms with Crippen LogP contribution in [-0.2, 0) is 7.05 Å². The number of aliphatic hydroxyl groups is 1. The summed E-state index contributed by atoms with van der Waals surface area (Å²) in [6, 6.07) is 7.22. The Balaban J connectivity index is 1.87. The second kappa shape index (κ2) is 6.54. The number of aryl methyl sites for hydroxylation is 2. The van der Waals surface area contributed by atoms with Crippen LogP contribution in [0.15, 0.2) is 36.7 Å². The molecule has 0 saturated carbocycles. The second-order valence-electron chi connectivity index (χ2n) is 5.55. The van der Waals surface area contributed by atoms with Crippen LogP contribution < -0.4 is 5.32 Å². The predicted molar refractivity (Wildman–Crippen MR) is 94.1 cm³/mol. The number of thiazole rings is 1. The first-order valence-corrected chi connectivity index (χ1v) is 8.32. The summed E-state index contributed by atoms with van der Waals surface area (Å²) >= 11 is 1.33. The zero-order valence-corrected chi connectivity index (χ0v) is 14.5. The molecule has 1 aromatic carbocycles. The van der Waals surface area contributed by atoms with Crippen molar-refractivity contribution in [3.8, 4) is 10.6 Å². The Morgan fingerprint density at radius 1 is 1.38 bits per heavy atom. The molecule has 0 fully saturated rings. The van der Waals surface area contributed by atoms with Crippen LogP contribution in [0.2, 0.25) is 0 Å². The van der Waals surface area contributed by atoms with Gasteiger partial charge in [0.05, 0.1) is 18.0 Å². The molecule has 0 radical (unpaired) electrons. The summed E-state index contributed by atoms with van der Waals surface area (Å²) in [5.41, 5.74) is 2.84. The SMILES string of the molecule is Cc1nc(-c2cnn(C)c2)sc1C(=O)Nc1ccccc1C(C)O. The van der Waals surface area contributed by atoms with Crippen LogP contribution in [-0.4, -0.2) is 25.8 Å². The fraction of sp³-hybridized carbons (Fsp3) is 0.235. The minimum atomic E-state index is -0.657. The van der Waals surface area contributed by atoms with Crippen LogP contribution >= 0.6 is 11.3 Å². The van der Waals surface area contributed by atoms with Gasteiger partial charge in [-0.1, -0.05) is 18.2 Å². The number of amides is 1. The van der Waals surface area contributed by atoms with Crippen molar-refractivity contribution in [2.75, 3.05) is 5.32 Å². The molecule has 1 amide bonds. The lowest BCUT2D eigenvalue weighted by atomic mass is 10.1. The molecule has 0 spiro atoms. The zero-order chi connectivity index (χ0) is 17.3. The highest BCUT2D eigenvalue weighted by atomic mass is 32.1. The number of aliphatic hydroxyl groups excluding tert-OH is 1. The number of aromatic nitrogens is 3. The Kier molecular flexibility index (Phi) is 4.46. The van der Waals surface area contributed by atoms with Crippen LogP contribution in [0.3, 0.4) is 0 Å². The Morgan fingerprint density at radius 3 is 2.79 bits per heavy atom. The van der Waals surface area contributed by atoms with Crippen molar-refractivity contribution in [3.63, 3.8) is 0 Å². The van der Waals surface area contributed by atoms with Gasteiger partial charge in [0.25, 0.3) is 5.91 Å². The van der Waals surface area contributed by atoms with Crippen molar-refractivity contribution in [3.05, 3.63) is 52.8 Å². The van der Waals surface area contributed by atoms with Crippen molar-refractivity contribution in [1.29, 1.82) is 0 Å². The van der Waals surface area contributed by atoms with Crippen LogP contribution in [0.4, 0.5) is 5.69 Å². The van der Waals surface area contributed by atoms with Crippen LogP contribution in [0.25, 0.3) is 10.6 Å². The summed E-state index contributed by atoms with van der Waals surface area (Å²) in [5.74, 6) is -0.228. The summed E-state index contributed by atoms with van der Waals surface area (Å²) < 4.78 is 1.70. The number of anilines is 1. The number of nitrogens with one attached hydrogen (secondary N) is 1. The van der Waals surface area contributed by atoms with E-state index >= 15 is 0 Å². The molecule has 2 heterocycles. The number of rotatable bonds is 4. The van der Waals surface area contributed by atoms with E-state index in [1.807, 2.05) is 32.3 Å². The maximum absolute atomic E-state index is 12.6. The third-order valence-corrected chi connectivity index (χ3v) is 4.82. The van der Waals surface area contributed by atoms with E-state index < -0.39 is 6.10 Å². The quantitative estimate of drug-likeness (QED) is 0.763. The average molecular weight is 342 g/mol.